The van der Waals surface area contributed by atoms with Crippen LogP contribution in [0, 0.1) is 0 Å². The molecule has 5 nitrogen and oxygen atoms in total. The Morgan fingerprint density at radius 3 is 3.05 bits per heavy atom. The van der Waals surface area contributed by atoms with Crippen LogP contribution in [0.1, 0.15) is 27.5 Å². The number of fused-ring (bicyclic) bond motifs is 1. The van der Waals surface area contributed by atoms with Crippen molar-refractivity contribution in [2.75, 3.05) is 12.3 Å². The Labute approximate surface area is 129 Å². The molecule has 0 fully saturated rings. The minimum atomic E-state index is -0.142. The summed E-state index contributed by atoms with van der Waals surface area (Å²) in [4.78, 5) is 21.1. The van der Waals surface area contributed by atoms with Gasteiger partial charge in [-0.25, -0.2) is 4.98 Å². The fourth-order valence-electron chi connectivity index (χ4n) is 2.03. The highest BCUT2D eigenvalue weighted by atomic mass is 32.1. The average molecular weight is 318 g/mol. The standard InChI is InChI=1S/C14H14N4OS2/c1-8(14-17-4-5-20-14)6-18-13(19)12-11(15)9-2-3-16-7-10(9)21-12/h2-5,7-8H,6,15H2,1H3,(H,18,19). The second kappa shape index (κ2) is 5.79. The van der Waals surface area contributed by atoms with Crippen LogP contribution in [-0.2, 0) is 0 Å². The third kappa shape index (κ3) is 2.74. The summed E-state index contributed by atoms with van der Waals surface area (Å²) >= 11 is 2.96. The molecule has 0 aliphatic heterocycles. The fourth-order valence-corrected chi connectivity index (χ4v) is 3.74. The van der Waals surface area contributed by atoms with Crippen LogP contribution in [0.3, 0.4) is 0 Å². The highest BCUT2D eigenvalue weighted by molar-refractivity contribution is 7.21. The first-order chi connectivity index (χ1) is 10.2. The zero-order valence-corrected chi connectivity index (χ0v) is 13.0. The number of thiophene rings is 1. The van der Waals surface area contributed by atoms with Gasteiger partial charge >= 0.3 is 0 Å². The molecule has 3 N–H and O–H groups in total. The number of carbonyl (C=O) groups is 1. The Bertz CT molecular complexity index is 766. The SMILES string of the molecule is CC(CNC(=O)c1sc2cnccc2c1N)c1nccs1. The Morgan fingerprint density at radius 2 is 2.33 bits per heavy atom. The van der Waals surface area contributed by atoms with Gasteiger partial charge in [-0.2, -0.15) is 0 Å². The molecule has 3 aromatic rings. The number of hydrogen-bond acceptors (Lipinski definition) is 6. The zero-order chi connectivity index (χ0) is 14.8. The molecule has 0 spiro atoms. The first kappa shape index (κ1) is 14.0. The lowest BCUT2D eigenvalue weighted by Gasteiger charge is -2.09. The summed E-state index contributed by atoms with van der Waals surface area (Å²) in [6.07, 6.45) is 5.18. The van der Waals surface area contributed by atoms with E-state index < -0.39 is 0 Å². The summed E-state index contributed by atoms with van der Waals surface area (Å²) in [5.74, 6) is 0.0447. The van der Waals surface area contributed by atoms with E-state index in [9.17, 15) is 4.79 Å². The molecule has 3 aromatic heterocycles. The summed E-state index contributed by atoms with van der Waals surface area (Å²) in [6.45, 7) is 2.58. The van der Waals surface area contributed by atoms with Gasteiger partial charge in [0.2, 0.25) is 0 Å². The maximum Gasteiger partial charge on any atom is 0.263 e. The molecule has 0 aromatic carbocycles. The highest BCUT2D eigenvalue weighted by Crippen LogP contribution is 2.32. The van der Waals surface area contributed by atoms with Crippen LogP contribution in [0.2, 0.25) is 0 Å². The van der Waals surface area contributed by atoms with Crippen molar-refractivity contribution < 1.29 is 4.79 Å². The van der Waals surface area contributed by atoms with Gasteiger partial charge in [-0.3, -0.25) is 9.78 Å². The van der Waals surface area contributed by atoms with Gasteiger partial charge in [-0.05, 0) is 6.07 Å². The summed E-state index contributed by atoms with van der Waals surface area (Å²) < 4.78 is 0.924. The van der Waals surface area contributed by atoms with E-state index in [0.29, 0.717) is 17.1 Å². The molecule has 0 radical (unpaired) electrons. The largest absolute Gasteiger partial charge is 0.397 e. The second-order valence-corrected chi connectivity index (χ2v) is 6.68. The van der Waals surface area contributed by atoms with Crippen molar-refractivity contribution in [1.82, 2.24) is 15.3 Å². The Balaban J connectivity index is 1.74. The maximum absolute atomic E-state index is 12.3. The number of nitrogens with two attached hydrogens (primary N) is 1. The normalized spacial score (nSPS) is 12.4. The number of anilines is 1. The van der Waals surface area contributed by atoms with Crippen LogP contribution in [0.4, 0.5) is 5.69 Å². The molecule has 1 atom stereocenters. The van der Waals surface area contributed by atoms with Crippen LogP contribution in [0.5, 0.6) is 0 Å². The van der Waals surface area contributed by atoms with Crippen molar-refractivity contribution >= 4 is 44.4 Å². The quantitative estimate of drug-likeness (QED) is 0.775. The van der Waals surface area contributed by atoms with Crippen LogP contribution in [-0.4, -0.2) is 22.4 Å². The van der Waals surface area contributed by atoms with E-state index in [1.165, 1.54) is 11.3 Å². The summed E-state index contributed by atoms with van der Waals surface area (Å²) in [5, 5.41) is 6.76. The Morgan fingerprint density at radius 1 is 1.48 bits per heavy atom. The lowest BCUT2D eigenvalue weighted by Crippen LogP contribution is -2.27. The van der Waals surface area contributed by atoms with Crippen LogP contribution in [0.15, 0.2) is 30.0 Å². The van der Waals surface area contributed by atoms with Crippen LogP contribution < -0.4 is 11.1 Å². The molecular formula is C14H14N4OS2. The smallest absolute Gasteiger partial charge is 0.263 e. The zero-order valence-electron chi connectivity index (χ0n) is 11.4. The van der Waals surface area contributed by atoms with Crippen LogP contribution >= 0.6 is 22.7 Å². The molecule has 3 heterocycles. The van der Waals surface area contributed by atoms with Crippen molar-refractivity contribution in [3.05, 3.63) is 39.9 Å². The van der Waals surface area contributed by atoms with Gasteiger partial charge in [-0.1, -0.05) is 6.92 Å². The number of nitrogens with one attached hydrogen (secondary N) is 1. The number of thiazole rings is 1. The summed E-state index contributed by atoms with van der Waals surface area (Å²) in [6, 6.07) is 1.83. The number of carbonyl (C=O) groups excluding carboxylic acids is 1. The number of nitrogen functional groups attached to an aromatic ring is 1. The fraction of sp³-hybridized carbons (Fsp3) is 0.214. The number of nitrogens with zero attached hydrogens (tertiary/aromatic N) is 2. The minimum Gasteiger partial charge on any atom is -0.397 e. The van der Waals surface area contributed by atoms with E-state index in [1.807, 2.05) is 18.4 Å². The van der Waals surface area contributed by atoms with Crippen molar-refractivity contribution in [3.63, 3.8) is 0 Å². The van der Waals surface area contributed by atoms with Gasteiger partial charge in [0.25, 0.3) is 5.91 Å². The minimum absolute atomic E-state index is 0.142. The summed E-state index contributed by atoms with van der Waals surface area (Å²) in [5.41, 5.74) is 6.58. The predicted molar refractivity (Wildman–Crippen MR) is 86.9 cm³/mol. The van der Waals surface area contributed by atoms with Gasteiger partial charge < -0.3 is 11.1 Å². The third-order valence-corrected chi connectivity index (χ3v) is 5.34. The maximum atomic E-state index is 12.3. The molecule has 0 saturated heterocycles. The van der Waals surface area contributed by atoms with E-state index in [2.05, 4.69) is 15.3 Å². The summed E-state index contributed by atoms with van der Waals surface area (Å²) in [7, 11) is 0. The molecule has 0 aliphatic rings. The Kier molecular flexibility index (Phi) is 3.85. The topological polar surface area (TPSA) is 80.9 Å². The number of rotatable bonds is 4. The van der Waals surface area contributed by atoms with Gasteiger partial charge in [0.1, 0.15) is 4.88 Å². The molecule has 1 unspecified atom stereocenters. The Hall–Kier alpha value is -1.99. The third-order valence-electron chi connectivity index (χ3n) is 3.18. The van der Waals surface area contributed by atoms with Crippen molar-refractivity contribution in [2.24, 2.45) is 0 Å². The monoisotopic (exact) mass is 318 g/mol. The number of hydrogen-bond donors (Lipinski definition) is 2. The molecular weight excluding hydrogens is 304 g/mol. The molecule has 0 bridgehead atoms. The number of amides is 1. The van der Waals surface area contributed by atoms with E-state index in [0.717, 1.165) is 15.1 Å². The van der Waals surface area contributed by atoms with Crippen molar-refractivity contribution in [1.29, 1.82) is 0 Å². The first-order valence-corrected chi connectivity index (χ1v) is 8.16. The van der Waals surface area contributed by atoms with E-state index in [-0.39, 0.29) is 11.8 Å². The van der Waals surface area contributed by atoms with Gasteiger partial charge in [0.05, 0.1) is 15.4 Å². The van der Waals surface area contributed by atoms with Gasteiger partial charge in [0, 0.05) is 41.8 Å². The van der Waals surface area contributed by atoms with E-state index in [1.54, 1.807) is 29.9 Å². The lowest BCUT2D eigenvalue weighted by atomic mass is 10.2. The second-order valence-electron chi connectivity index (χ2n) is 4.70. The highest BCUT2D eigenvalue weighted by Gasteiger charge is 2.17. The van der Waals surface area contributed by atoms with Crippen molar-refractivity contribution in [3.8, 4) is 0 Å². The van der Waals surface area contributed by atoms with Crippen molar-refractivity contribution in [2.45, 2.75) is 12.8 Å². The number of pyridine rings is 1. The molecule has 7 heteroatoms. The molecule has 0 aliphatic carbocycles. The molecule has 3 rings (SSSR count). The lowest BCUT2D eigenvalue weighted by molar-refractivity contribution is 0.0956. The first-order valence-electron chi connectivity index (χ1n) is 6.46. The average Bonchev–Trinajstić information content (AvgIpc) is 3.13. The van der Waals surface area contributed by atoms with E-state index >= 15 is 0 Å². The molecule has 21 heavy (non-hydrogen) atoms. The predicted octanol–water partition coefficient (Wildman–Crippen LogP) is 2.87. The molecule has 1 amide bonds. The number of aromatic nitrogens is 2. The van der Waals surface area contributed by atoms with Gasteiger partial charge in [0.15, 0.2) is 0 Å². The molecule has 108 valence electrons. The van der Waals surface area contributed by atoms with E-state index in [4.69, 9.17) is 5.73 Å². The van der Waals surface area contributed by atoms with Gasteiger partial charge in [-0.15, -0.1) is 22.7 Å². The van der Waals surface area contributed by atoms with Crippen LogP contribution in [0.25, 0.3) is 10.1 Å². The molecule has 0 saturated carbocycles.